The van der Waals surface area contributed by atoms with Crippen molar-refractivity contribution in [1.29, 1.82) is 0 Å². The first-order valence-corrected chi connectivity index (χ1v) is 6.26. The van der Waals surface area contributed by atoms with Crippen LogP contribution in [0.4, 0.5) is 0 Å². The van der Waals surface area contributed by atoms with Crippen LogP contribution in [0.3, 0.4) is 0 Å². The summed E-state index contributed by atoms with van der Waals surface area (Å²) < 4.78 is 5.19. The van der Waals surface area contributed by atoms with E-state index in [-0.39, 0.29) is 18.0 Å². The third-order valence-electron chi connectivity index (χ3n) is 2.84. The number of hydrogen-bond acceptors (Lipinski definition) is 3. The van der Waals surface area contributed by atoms with Gasteiger partial charge in [-0.3, -0.25) is 10.1 Å². The minimum atomic E-state index is -0.217. The largest absolute Gasteiger partial charge is 0.497 e. The smallest absolute Gasteiger partial charge is 0.236 e. The van der Waals surface area contributed by atoms with Crippen molar-refractivity contribution in [3.63, 3.8) is 0 Å². The first-order valence-electron chi connectivity index (χ1n) is 6.26. The molecule has 0 aromatic heterocycles. The lowest BCUT2D eigenvalue weighted by Gasteiger charge is -2.20. The van der Waals surface area contributed by atoms with Gasteiger partial charge in [-0.15, -0.1) is 0 Å². The van der Waals surface area contributed by atoms with Crippen molar-refractivity contribution < 1.29 is 9.53 Å². The normalized spacial score (nSPS) is 13.8. The Hall–Kier alpha value is -1.55. The van der Waals surface area contributed by atoms with Gasteiger partial charge in [-0.25, -0.2) is 0 Å². The van der Waals surface area contributed by atoms with Crippen molar-refractivity contribution in [1.82, 2.24) is 10.6 Å². The molecule has 1 aromatic carbocycles. The van der Waals surface area contributed by atoms with Crippen LogP contribution in [-0.4, -0.2) is 25.6 Å². The van der Waals surface area contributed by atoms with Gasteiger partial charge in [0.05, 0.1) is 13.2 Å². The molecule has 4 nitrogen and oxygen atoms in total. The summed E-state index contributed by atoms with van der Waals surface area (Å²) in [5.74, 6) is 0.846. The third kappa shape index (κ3) is 4.04. The molecule has 0 spiro atoms. The van der Waals surface area contributed by atoms with Gasteiger partial charge in [0.25, 0.3) is 0 Å². The summed E-state index contributed by atoms with van der Waals surface area (Å²) in [6.07, 6.45) is 0. The monoisotopic (exact) mass is 250 g/mol. The number of hydrogen-bond donors (Lipinski definition) is 2. The number of likely N-dealkylation sites (N-methyl/N-ethyl adjacent to an activating group) is 1. The van der Waals surface area contributed by atoms with Gasteiger partial charge in [-0.1, -0.05) is 12.1 Å². The van der Waals surface area contributed by atoms with Crippen LogP contribution in [-0.2, 0) is 4.79 Å². The van der Waals surface area contributed by atoms with Gasteiger partial charge in [-0.05, 0) is 38.5 Å². The zero-order chi connectivity index (χ0) is 13.5. The van der Waals surface area contributed by atoms with Crippen molar-refractivity contribution in [3.05, 3.63) is 29.8 Å². The maximum absolute atomic E-state index is 11.6. The second-order valence-electron chi connectivity index (χ2n) is 4.28. The molecule has 0 saturated heterocycles. The molecule has 0 saturated carbocycles. The lowest BCUT2D eigenvalue weighted by atomic mass is 10.1. The predicted octanol–water partition coefficient (Wildman–Crippen LogP) is 1.87. The second kappa shape index (κ2) is 7.01. The Morgan fingerprint density at radius 3 is 2.72 bits per heavy atom. The molecular weight excluding hydrogens is 228 g/mol. The first-order chi connectivity index (χ1) is 8.58. The molecule has 0 radical (unpaired) electrons. The predicted molar refractivity (Wildman–Crippen MR) is 72.7 cm³/mol. The second-order valence-corrected chi connectivity index (χ2v) is 4.28. The summed E-state index contributed by atoms with van der Waals surface area (Å²) in [6.45, 7) is 6.46. The number of benzene rings is 1. The van der Waals surface area contributed by atoms with E-state index in [1.807, 2.05) is 45.0 Å². The highest BCUT2D eigenvalue weighted by atomic mass is 16.5. The quantitative estimate of drug-likeness (QED) is 0.810. The van der Waals surface area contributed by atoms with Gasteiger partial charge in [-0.2, -0.15) is 0 Å². The van der Waals surface area contributed by atoms with E-state index in [2.05, 4.69) is 10.6 Å². The standard InChI is InChI=1S/C14H22N2O2/c1-5-15-14(17)11(3)16-10(2)12-7-6-8-13(9-12)18-4/h6-11,16H,5H2,1-4H3,(H,15,17). The number of carbonyl (C=O) groups is 1. The van der Waals surface area contributed by atoms with Gasteiger partial charge in [0, 0.05) is 12.6 Å². The fourth-order valence-electron chi connectivity index (χ4n) is 1.79. The molecule has 0 fully saturated rings. The minimum absolute atomic E-state index is 0.0206. The van der Waals surface area contributed by atoms with E-state index in [0.29, 0.717) is 6.54 Å². The van der Waals surface area contributed by atoms with E-state index < -0.39 is 0 Å². The van der Waals surface area contributed by atoms with Gasteiger partial charge < -0.3 is 10.1 Å². The maximum Gasteiger partial charge on any atom is 0.236 e. The van der Waals surface area contributed by atoms with Crippen LogP contribution in [0.2, 0.25) is 0 Å². The Morgan fingerprint density at radius 1 is 1.39 bits per heavy atom. The van der Waals surface area contributed by atoms with E-state index in [1.165, 1.54) is 0 Å². The fourth-order valence-corrected chi connectivity index (χ4v) is 1.79. The van der Waals surface area contributed by atoms with Crippen LogP contribution in [0.5, 0.6) is 5.75 Å². The van der Waals surface area contributed by atoms with E-state index in [1.54, 1.807) is 7.11 Å². The Morgan fingerprint density at radius 2 is 2.11 bits per heavy atom. The number of nitrogens with one attached hydrogen (secondary N) is 2. The summed E-state index contributed by atoms with van der Waals surface area (Å²) in [7, 11) is 1.65. The van der Waals surface area contributed by atoms with Crippen LogP contribution in [0.15, 0.2) is 24.3 Å². The van der Waals surface area contributed by atoms with Crippen molar-refractivity contribution in [3.8, 4) is 5.75 Å². The molecule has 2 unspecified atom stereocenters. The average Bonchev–Trinajstić information content (AvgIpc) is 2.39. The highest BCUT2D eigenvalue weighted by Gasteiger charge is 2.15. The van der Waals surface area contributed by atoms with Gasteiger partial charge in [0.2, 0.25) is 5.91 Å². The number of amides is 1. The highest BCUT2D eigenvalue weighted by Crippen LogP contribution is 2.19. The molecule has 100 valence electrons. The van der Waals surface area contributed by atoms with Crippen LogP contribution in [0.25, 0.3) is 0 Å². The summed E-state index contributed by atoms with van der Waals surface area (Å²) in [5.41, 5.74) is 1.10. The number of methoxy groups -OCH3 is 1. The van der Waals surface area contributed by atoms with Crippen LogP contribution in [0.1, 0.15) is 32.4 Å². The third-order valence-corrected chi connectivity index (χ3v) is 2.84. The molecule has 2 N–H and O–H groups in total. The van der Waals surface area contributed by atoms with Crippen LogP contribution >= 0.6 is 0 Å². The molecule has 0 aliphatic rings. The zero-order valence-corrected chi connectivity index (χ0v) is 11.5. The highest BCUT2D eigenvalue weighted by molar-refractivity contribution is 5.81. The first kappa shape index (κ1) is 14.5. The molecule has 0 bridgehead atoms. The number of ether oxygens (including phenoxy) is 1. The maximum atomic E-state index is 11.6. The Labute approximate surface area is 109 Å². The molecule has 0 aliphatic heterocycles. The number of rotatable bonds is 6. The number of carbonyl (C=O) groups excluding carboxylic acids is 1. The van der Waals surface area contributed by atoms with E-state index >= 15 is 0 Å². The lowest BCUT2D eigenvalue weighted by Crippen LogP contribution is -2.43. The van der Waals surface area contributed by atoms with E-state index in [4.69, 9.17) is 4.74 Å². The Balaban J connectivity index is 2.63. The SMILES string of the molecule is CCNC(=O)C(C)NC(C)c1cccc(OC)c1. The molecular formula is C14H22N2O2. The molecule has 0 aliphatic carbocycles. The van der Waals surface area contributed by atoms with Gasteiger partial charge in [0.1, 0.15) is 5.75 Å². The van der Waals surface area contributed by atoms with Gasteiger partial charge >= 0.3 is 0 Å². The summed E-state index contributed by atoms with van der Waals surface area (Å²) in [6, 6.07) is 7.73. The van der Waals surface area contributed by atoms with Crippen molar-refractivity contribution in [2.75, 3.05) is 13.7 Å². The molecule has 4 heteroatoms. The lowest BCUT2D eigenvalue weighted by molar-refractivity contribution is -0.122. The summed E-state index contributed by atoms with van der Waals surface area (Å²) in [5, 5.41) is 6.06. The van der Waals surface area contributed by atoms with Crippen molar-refractivity contribution >= 4 is 5.91 Å². The summed E-state index contributed by atoms with van der Waals surface area (Å²) >= 11 is 0. The molecule has 1 rings (SSSR count). The minimum Gasteiger partial charge on any atom is -0.497 e. The Kier molecular flexibility index (Phi) is 5.65. The molecule has 1 amide bonds. The Bertz CT molecular complexity index is 393. The van der Waals surface area contributed by atoms with Crippen LogP contribution in [0, 0.1) is 0 Å². The zero-order valence-electron chi connectivity index (χ0n) is 11.5. The molecule has 18 heavy (non-hydrogen) atoms. The molecule has 1 aromatic rings. The van der Waals surface area contributed by atoms with E-state index in [9.17, 15) is 4.79 Å². The molecule has 2 atom stereocenters. The molecule has 0 heterocycles. The average molecular weight is 250 g/mol. The van der Waals surface area contributed by atoms with E-state index in [0.717, 1.165) is 11.3 Å². The van der Waals surface area contributed by atoms with Crippen molar-refractivity contribution in [2.45, 2.75) is 32.9 Å². The topological polar surface area (TPSA) is 50.4 Å². The fraction of sp³-hybridized carbons (Fsp3) is 0.500. The van der Waals surface area contributed by atoms with Crippen molar-refractivity contribution in [2.24, 2.45) is 0 Å². The summed E-state index contributed by atoms with van der Waals surface area (Å²) in [4.78, 5) is 11.6. The van der Waals surface area contributed by atoms with Crippen LogP contribution < -0.4 is 15.4 Å². The van der Waals surface area contributed by atoms with Gasteiger partial charge in [0.15, 0.2) is 0 Å².